The van der Waals surface area contributed by atoms with E-state index in [1.54, 1.807) is 0 Å². The van der Waals surface area contributed by atoms with Gasteiger partial charge in [-0.25, -0.2) is 0 Å². The molecule has 0 amide bonds. The normalized spacial score (nSPS) is 11.1. The number of aryl methyl sites for hydroxylation is 2. The van der Waals surface area contributed by atoms with Gasteiger partial charge >= 0.3 is 0 Å². The first kappa shape index (κ1) is 20.9. The van der Waals surface area contributed by atoms with Gasteiger partial charge in [-0.3, -0.25) is 0 Å². The third kappa shape index (κ3) is 4.32. The Morgan fingerprint density at radius 1 is 0.531 bits per heavy atom. The molecule has 0 aliphatic heterocycles. The molecule has 0 unspecified atom stereocenters. The summed E-state index contributed by atoms with van der Waals surface area (Å²) in [6, 6.07) is 42.3. The van der Waals surface area contributed by atoms with Crippen LogP contribution in [-0.2, 0) is 0 Å². The minimum absolute atomic E-state index is 0.674. The van der Waals surface area contributed by atoms with Crippen LogP contribution in [0.5, 0.6) is 0 Å². The Morgan fingerprint density at radius 2 is 1.00 bits per heavy atom. The molecule has 4 aromatic carbocycles. The fourth-order valence-corrected chi connectivity index (χ4v) is 7.81. The molecule has 32 heavy (non-hydrogen) atoms. The summed E-state index contributed by atoms with van der Waals surface area (Å²) in [6.45, 7) is 4.32. The van der Waals surface area contributed by atoms with Gasteiger partial charge in [-0.2, -0.15) is 0 Å². The van der Waals surface area contributed by atoms with E-state index in [4.69, 9.17) is 0 Å². The third-order valence-electron chi connectivity index (χ3n) is 5.63. The van der Waals surface area contributed by atoms with Crippen molar-refractivity contribution in [2.45, 2.75) is 13.8 Å². The molecule has 0 aliphatic rings. The summed E-state index contributed by atoms with van der Waals surface area (Å²) in [5.41, 5.74) is 5.17. The molecule has 0 atom stereocenters. The minimum atomic E-state index is -0.674. The van der Waals surface area contributed by atoms with Gasteiger partial charge in [-0.15, -0.1) is 11.3 Å². The second-order valence-electron chi connectivity index (χ2n) is 8.06. The lowest BCUT2D eigenvalue weighted by Gasteiger charge is -2.20. The molecule has 5 rings (SSSR count). The van der Waals surface area contributed by atoms with E-state index in [0.29, 0.717) is 0 Å². The third-order valence-corrected chi connectivity index (χ3v) is 9.48. The summed E-state index contributed by atoms with van der Waals surface area (Å²) in [6.07, 6.45) is 0. The Kier molecular flexibility index (Phi) is 6.04. The molecule has 156 valence electrons. The number of hydrogen-bond donors (Lipinski definition) is 0. The standard InChI is InChI=1S/C30H25PS/c1-22-13-17-26(18-14-22)31(27-19-15-23(2)16-20-27)28-21-29(24-9-5-3-6-10-24)32-30(28)25-11-7-4-8-12-25/h3-21H,1-2H3. The van der Waals surface area contributed by atoms with Crippen LogP contribution < -0.4 is 15.9 Å². The van der Waals surface area contributed by atoms with Crippen LogP contribution in [0.15, 0.2) is 115 Å². The van der Waals surface area contributed by atoms with Crippen molar-refractivity contribution in [3.05, 3.63) is 126 Å². The van der Waals surface area contributed by atoms with E-state index in [2.05, 4.69) is 129 Å². The van der Waals surface area contributed by atoms with Crippen molar-refractivity contribution >= 4 is 35.2 Å². The van der Waals surface area contributed by atoms with E-state index in [9.17, 15) is 0 Å². The summed E-state index contributed by atoms with van der Waals surface area (Å²) in [5.74, 6) is 0. The zero-order valence-electron chi connectivity index (χ0n) is 18.3. The number of rotatable bonds is 5. The molecule has 0 saturated carbocycles. The van der Waals surface area contributed by atoms with Crippen LogP contribution in [0.4, 0.5) is 0 Å². The average Bonchev–Trinajstić information content (AvgIpc) is 3.28. The summed E-state index contributed by atoms with van der Waals surface area (Å²) in [5, 5.41) is 4.22. The van der Waals surface area contributed by atoms with Gasteiger partial charge in [-0.1, -0.05) is 120 Å². The molecule has 0 bridgehead atoms. The molecular formula is C30H25PS. The van der Waals surface area contributed by atoms with Crippen LogP contribution in [0, 0.1) is 13.8 Å². The summed E-state index contributed by atoms with van der Waals surface area (Å²) < 4.78 is 0. The topological polar surface area (TPSA) is 0 Å². The fraction of sp³-hybridized carbons (Fsp3) is 0.0667. The summed E-state index contributed by atoms with van der Waals surface area (Å²) >= 11 is 1.91. The molecule has 0 fully saturated rings. The highest BCUT2D eigenvalue weighted by molar-refractivity contribution is 7.80. The monoisotopic (exact) mass is 448 g/mol. The van der Waals surface area contributed by atoms with E-state index in [-0.39, 0.29) is 0 Å². The van der Waals surface area contributed by atoms with Crippen molar-refractivity contribution < 1.29 is 0 Å². The highest BCUT2D eigenvalue weighted by Gasteiger charge is 2.23. The zero-order valence-corrected chi connectivity index (χ0v) is 20.0. The van der Waals surface area contributed by atoms with Gasteiger partial charge in [0.15, 0.2) is 0 Å². The lowest BCUT2D eigenvalue weighted by Crippen LogP contribution is -2.21. The zero-order chi connectivity index (χ0) is 21.9. The van der Waals surface area contributed by atoms with Crippen LogP contribution >= 0.6 is 19.3 Å². The van der Waals surface area contributed by atoms with Gasteiger partial charge in [0, 0.05) is 15.1 Å². The van der Waals surface area contributed by atoms with E-state index in [1.165, 1.54) is 47.9 Å². The first-order chi connectivity index (χ1) is 15.7. The lowest BCUT2D eigenvalue weighted by atomic mass is 10.1. The van der Waals surface area contributed by atoms with Gasteiger partial charge in [0.25, 0.3) is 0 Å². The Morgan fingerprint density at radius 3 is 1.50 bits per heavy atom. The first-order valence-electron chi connectivity index (χ1n) is 10.9. The quantitative estimate of drug-likeness (QED) is 0.245. The van der Waals surface area contributed by atoms with Gasteiger partial charge < -0.3 is 0 Å². The second kappa shape index (κ2) is 9.25. The van der Waals surface area contributed by atoms with Crippen LogP contribution in [0.1, 0.15) is 11.1 Å². The maximum atomic E-state index is 2.44. The Hall–Kier alpha value is -2.99. The summed E-state index contributed by atoms with van der Waals surface area (Å²) in [4.78, 5) is 2.70. The van der Waals surface area contributed by atoms with Gasteiger partial charge in [0.05, 0.1) is 0 Å². The van der Waals surface area contributed by atoms with Gasteiger partial charge in [0.2, 0.25) is 0 Å². The predicted octanol–water partition coefficient (Wildman–Crippen LogP) is 7.46. The molecule has 0 spiro atoms. The Bertz CT molecular complexity index is 1260. The van der Waals surface area contributed by atoms with E-state index in [0.717, 1.165) is 0 Å². The molecule has 5 aromatic rings. The Labute approximate surface area is 196 Å². The highest BCUT2D eigenvalue weighted by atomic mass is 32.1. The van der Waals surface area contributed by atoms with Crippen molar-refractivity contribution in [1.82, 2.24) is 0 Å². The van der Waals surface area contributed by atoms with Gasteiger partial charge in [-0.05, 0) is 49.6 Å². The molecule has 0 saturated heterocycles. The molecule has 0 radical (unpaired) electrons. The van der Waals surface area contributed by atoms with Crippen LogP contribution in [0.3, 0.4) is 0 Å². The van der Waals surface area contributed by atoms with E-state index in [1.807, 2.05) is 11.3 Å². The minimum Gasteiger partial charge on any atom is -0.135 e. The Balaban J connectivity index is 1.75. The fourth-order valence-electron chi connectivity index (χ4n) is 3.90. The number of thiophene rings is 1. The largest absolute Gasteiger partial charge is 0.135 e. The maximum absolute atomic E-state index is 2.44. The molecule has 2 heteroatoms. The molecule has 0 aliphatic carbocycles. The first-order valence-corrected chi connectivity index (χ1v) is 13.0. The number of benzene rings is 4. The van der Waals surface area contributed by atoms with Crippen LogP contribution in [0.2, 0.25) is 0 Å². The maximum Gasteiger partial charge on any atom is 0.0432 e. The van der Waals surface area contributed by atoms with E-state index >= 15 is 0 Å². The summed E-state index contributed by atoms with van der Waals surface area (Å²) in [7, 11) is -0.674. The van der Waals surface area contributed by atoms with Crippen molar-refractivity contribution in [1.29, 1.82) is 0 Å². The van der Waals surface area contributed by atoms with Crippen molar-refractivity contribution in [2.75, 3.05) is 0 Å². The molecule has 1 aromatic heterocycles. The van der Waals surface area contributed by atoms with Gasteiger partial charge in [0.1, 0.15) is 0 Å². The molecule has 1 heterocycles. The van der Waals surface area contributed by atoms with E-state index < -0.39 is 7.92 Å². The molecule has 0 nitrogen and oxygen atoms in total. The SMILES string of the molecule is Cc1ccc(P(c2ccc(C)cc2)c2cc(-c3ccccc3)sc2-c2ccccc2)cc1. The average molecular weight is 449 g/mol. The van der Waals surface area contributed by atoms with Crippen molar-refractivity contribution in [3.63, 3.8) is 0 Å². The smallest absolute Gasteiger partial charge is 0.0432 e. The molecule has 0 N–H and O–H groups in total. The predicted molar refractivity (Wildman–Crippen MR) is 143 cm³/mol. The van der Waals surface area contributed by atoms with Crippen LogP contribution in [0.25, 0.3) is 20.9 Å². The van der Waals surface area contributed by atoms with Crippen molar-refractivity contribution in [3.8, 4) is 20.9 Å². The van der Waals surface area contributed by atoms with Crippen molar-refractivity contribution in [2.24, 2.45) is 0 Å². The second-order valence-corrected chi connectivity index (χ2v) is 11.3. The number of hydrogen-bond acceptors (Lipinski definition) is 1. The lowest BCUT2D eigenvalue weighted by molar-refractivity contribution is 1.49. The molecular weight excluding hydrogens is 423 g/mol. The van der Waals surface area contributed by atoms with Crippen LogP contribution in [-0.4, -0.2) is 0 Å². The highest BCUT2D eigenvalue weighted by Crippen LogP contribution is 2.43.